The summed E-state index contributed by atoms with van der Waals surface area (Å²) in [5.41, 5.74) is 3.90. The van der Waals surface area contributed by atoms with Crippen LogP contribution in [0.4, 0.5) is 4.39 Å². The largest absolute Gasteiger partial charge is 0.336 e. The Morgan fingerprint density at radius 3 is 2.58 bits per heavy atom. The van der Waals surface area contributed by atoms with Gasteiger partial charge in [-0.2, -0.15) is 0 Å². The first-order valence-corrected chi connectivity index (χ1v) is 14.3. The number of hydrogen-bond donors (Lipinski definition) is 1. The van der Waals surface area contributed by atoms with Crippen LogP contribution < -0.4 is 10.9 Å². The summed E-state index contributed by atoms with van der Waals surface area (Å²) in [4.78, 5) is 39.1. The molecule has 0 atom stereocenters. The number of carbonyl (C=O) groups excluding carboxylic acids is 1. The maximum Gasteiger partial charge on any atom is 0.265 e. The number of pyridine rings is 2. The van der Waals surface area contributed by atoms with Crippen molar-refractivity contribution >= 4 is 34.9 Å². The number of amides is 1. The first-order chi connectivity index (χ1) is 19.3. The second-order valence-electron chi connectivity index (χ2n) is 9.78. The van der Waals surface area contributed by atoms with Gasteiger partial charge in [0, 0.05) is 48.2 Å². The number of hydrogen-bond acceptors (Lipinski definition) is 6. The molecule has 1 aromatic carbocycles. The number of aromatic nitrogens is 3. The van der Waals surface area contributed by atoms with Crippen LogP contribution in [-0.2, 0) is 6.42 Å². The van der Waals surface area contributed by atoms with Gasteiger partial charge in [0.25, 0.3) is 11.5 Å². The Labute approximate surface area is 241 Å². The van der Waals surface area contributed by atoms with Crippen molar-refractivity contribution in [1.29, 1.82) is 0 Å². The Morgan fingerprint density at radius 2 is 1.90 bits per heavy atom. The van der Waals surface area contributed by atoms with E-state index in [0.29, 0.717) is 71.0 Å². The Morgan fingerprint density at radius 1 is 1.18 bits per heavy atom. The van der Waals surface area contributed by atoms with Gasteiger partial charge < -0.3 is 10.2 Å². The molecule has 7 nitrogen and oxygen atoms in total. The number of piperazine rings is 1. The Kier molecular flexibility index (Phi) is 8.25. The third-order valence-corrected chi connectivity index (χ3v) is 7.79. The number of aryl methyl sites for hydroxylation is 1. The topological polar surface area (TPSA) is 80.1 Å². The van der Waals surface area contributed by atoms with Gasteiger partial charge in [-0.1, -0.05) is 36.2 Å². The lowest BCUT2D eigenvalue weighted by Gasteiger charge is -2.29. The standard InChI is InChI=1S/C30H29ClFN5O2S/c1-4-24-27(14-21(32)16-34-24)37-26(13-18(2)3)22(29(38)36-11-9-33-10-12-36)15-23(30(37)39)28-35-25(17-40-28)19-5-7-20(31)8-6-19/h5-8,13-17,33H,4,9-12H2,1-3H3. The first kappa shape index (κ1) is 27.9. The van der Waals surface area contributed by atoms with Crippen LogP contribution in [0.15, 0.2) is 58.3 Å². The molecular formula is C30H29ClFN5O2S. The Balaban J connectivity index is 1.79. The molecule has 1 amide bonds. The van der Waals surface area contributed by atoms with E-state index in [1.54, 1.807) is 29.2 Å². The van der Waals surface area contributed by atoms with Gasteiger partial charge in [0.1, 0.15) is 10.8 Å². The van der Waals surface area contributed by atoms with Crippen LogP contribution in [0.2, 0.25) is 5.02 Å². The lowest BCUT2D eigenvalue weighted by atomic mass is 10.0. The van der Waals surface area contributed by atoms with Gasteiger partial charge in [-0.05, 0) is 44.5 Å². The predicted octanol–water partition coefficient (Wildman–Crippen LogP) is 5.85. The van der Waals surface area contributed by atoms with Crippen molar-refractivity contribution in [3.05, 3.63) is 91.7 Å². The van der Waals surface area contributed by atoms with Gasteiger partial charge >= 0.3 is 0 Å². The maximum absolute atomic E-state index is 14.6. The molecule has 0 radical (unpaired) electrons. The third kappa shape index (κ3) is 5.63. The number of halogens is 2. The van der Waals surface area contributed by atoms with Gasteiger partial charge in [-0.3, -0.25) is 19.1 Å². The minimum atomic E-state index is -0.568. The van der Waals surface area contributed by atoms with Crippen LogP contribution >= 0.6 is 22.9 Å². The van der Waals surface area contributed by atoms with E-state index in [2.05, 4.69) is 10.3 Å². The minimum absolute atomic E-state index is 0.194. The van der Waals surface area contributed by atoms with E-state index in [9.17, 15) is 14.0 Å². The first-order valence-electron chi connectivity index (χ1n) is 13.1. The van der Waals surface area contributed by atoms with E-state index in [-0.39, 0.29) is 11.5 Å². The van der Waals surface area contributed by atoms with Gasteiger partial charge in [0.2, 0.25) is 0 Å². The summed E-state index contributed by atoms with van der Waals surface area (Å²) in [5.74, 6) is -0.761. The van der Waals surface area contributed by atoms with Crippen molar-refractivity contribution in [3.8, 4) is 27.5 Å². The third-order valence-electron chi connectivity index (χ3n) is 6.66. The number of carbonyl (C=O) groups is 1. The average Bonchev–Trinajstić information content (AvgIpc) is 3.43. The molecule has 5 rings (SSSR count). The van der Waals surface area contributed by atoms with Crippen molar-refractivity contribution in [2.45, 2.75) is 27.2 Å². The zero-order chi connectivity index (χ0) is 28.4. The highest BCUT2D eigenvalue weighted by Crippen LogP contribution is 2.31. The van der Waals surface area contributed by atoms with E-state index in [1.165, 1.54) is 22.0 Å². The van der Waals surface area contributed by atoms with E-state index >= 15 is 0 Å². The summed E-state index contributed by atoms with van der Waals surface area (Å²) in [5, 5.41) is 6.21. The van der Waals surface area contributed by atoms with Crippen molar-refractivity contribution in [1.82, 2.24) is 24.8 Å². The fourth-order valence-electron chi connectivity index (χ4n) is 4.72. The highest BCUT2D eigenvalue weighted by atomic mass is 35.5. The minimum Gasteiger partial charge on any atom is -0.336 e. The van der Waals surface area contributed by atoms with E-state index in [0.717, 1.165) is 17.3 Å². The number of benzene rings is 1. The maximum atomic E-state index is 14.6. The molecular weight excluding hydrogens is 549 g/mol. The molecule has 1 N–H and O–H groups in total. The molecule has 0 saturated carbocycles. The highest BCUT2D eigenvalue weighted by molar-refractivity contribution is 7.13. The zero-order valence-electron chi connectivity index (χ0n) is 22.5. The van der Waals surface area contributed by atoms with E-state index in [1.807, 2.05) is 38.3 Å². The van der Waals surface area contributed by atoms with Crippen LogP contribution in [-0.4, -0.2) is 51.5 Å². The molecule has 0 bridgehead atoms. The van der Waals surface area contributed by atoms with Crippen LogP contribution in [0, 0.1) is 5.82 Å². The van der Waals surface area contributed by atoms with E-state index in [4.69, 9.17) is 16.6 Å². The molecule has 0 spiro atoms. The van der Waals surface area contributed by atoms with Gasteiger partial charge in [0.15, 0.2) is 0 Å². The van der Waals surface area contributed by atoms with E-state index < -0.39 is 11.4 Å². The fraction of sp³-hybridized carbons (Fsp3) is 0.267. The number of nitrogens with zero attached hydrogens (tertiary/aromatic N) is 4. The average molecular weight is 578 g/mol. The molecule has 4 heterocycles. The lowest BCUT2D eigenvalue weighted by Crippen LogP contribution is -2.47. The van der Waals surface area contributed by atoms with Crippen LogP contribution in [0.1, 0.15) is 42.5 Å². The number of thiazole rings is 1. The van der Waals surface area contributed by atoms with Crippen molar-refractivity contribution < 1.29 is 9.18 Å². The Hall–Kier alpha value is -3.66. The quantitative estimate of drug-likeness (QED) is 0.311. The predicted molar refractivity (Wildman–Crippen MR) is 159 cm³/mol. The monoisotopic (exact) mass is 577 g/mol. The molecule has 206 valence electrons. The summed E-state index contributed by atoms with van der Waals surface area (Å²) in [6.45, 7) is 8.13. The van der Waals surface area contributed by atoms with Crippen LogP contribution in [0.25, 0.3) is 33.6 Å². The lowest BCUT2D eigenvalue weighted by molar-refractivity contribution is 0.0735. The molecule has 0 unspecified atom stereocenters. The molecule has 1 fully saturated rings. The van der Waals surface area contributed by atoms with Gasteiger partial charge in [-0.15, -0.1) is 11.3 Å². The summed E-state index contributed by atoms with van der Waals surface area (Å²) < 4.78 is 16.0. The number of rotatable bonds is 6. The molecule has 10 heteroatoms. The van der Waals surface area contributed by atoms with Crippen LogP contribution in [0.3, 0.4) is 0 Å². The molecule has 3 aromatic heterocycles. The summed E-state index contributed by atoms with van der Waals surface area (Å²) in [7, 11) is 0. The molecule has 1 aliphatic heterocycles. The summed E-state index contributed by atoms with van der Waals surface area (Å²) in [6, 6.07) is 10.2. The highest BCUT2D eigenvalue weighted by Gasteiger charge is 2.27. The molecule has 40 heavy (non-hydrogen) atoms. The summed E-state index contributed by atoms with van der Waals surface area (Å²) >= 11 is 7.37. The fourth-order valence-corrected chi connectivity index (χ4v) is 5.68. The second-order valence-corrected chi connectivity index (χ2v) is 11.1. The molecule has 0 aliphatic carbocycles. The van der Waals surface area contributed by atoms with Crippen molar-refractivity contribution in [3.63, 3.8) is 0 Å². The number of nitrogens with one attached hydrogen (secondary N) is 1. The van der Waals surface area contributed by atoms with Gasteiger partial charge in [-0.25, -0.2) is 9.37 Å². The Bertz CT molecular complexity index is 1650. The van der Waals surface area contributed by atoms with Gasteiger partial charge in [0.05, 0.1) is 40.1 Å². The van der Waals surface area contributed by atoms with Crippen molar-refractivity contribution in [2.24, 2.45) is 0 Å². The molecule has 4 aromatic rings. The summed E-state index contributed by atoms with van der Waals surface area (Å²) in [6.07, 6.45) is 3.41. The number of allylic oxidation sites excluding steroid dienone is 1. The van der Waals surface area contributed by atoms with Crippen LogP contribution in [0.5, 0.6) is 0 Å². The normalized spacial score (nSPS) is 13.4. The van der Waals surface area contributed by atoms with Crippen molar-refractivity contribution in [2.75, 3.05) is 26.2 Å². The second kappa shape index (κ2) is 11.8. The smallest absolute Gasteiger partial charge is 0.265 e. The molecule has 1 saturated heterocycles. The SMILES string of the molecule is CCc1ncc(F)cc1-n1c(C=C(C)C)c(C(=O)N2CCNCC2)cc(-c2nc(-c3ccc(Cl)cc3)cs2)c1=O. The molecule has 1 aliphatic rings. The zero-order valence-corrected chi connectivity index (χ0v) is 24.1.